The third-order valence-corrected chi connectivity index (χ3v) is 3.81. The summed E-state index contributed by atoms with van der Waals surface area (Å²) in [6.45, 7) is 3.21. The van der Waals surface area contributed by atoms with Gasteiger partial charge in [0.1, 0.15) is 5.82 Å². The van der Waals surface area contributed by atoms with E-state index < -0.39 is 0 Å². The van der Waals surface area contributed by atoms with E-state index in [1.54, 1.807) is 0 Å². The van der Waals surface area contributed by atoms with E-state index in [2.05, 4.69) is 39.0 Å². The van der Waals surface area contributed by atoms with E-state index in [0.29, 0.717) is 0 Å². The van der Waals surface area contributed by atoms with Gasteiger partial charge in [-0.1, -0.05) is 0 Å². The predicted molar refractivity (Wildman–Crippen MR) is 73.6 cm³/mol. The fourth-order valence-corrected chi connectivity index (χ4v) is 2.96. The van der Waals surface area contributed by atoms with Gasteiger partial charge in [-0.3, -0.25) is 4.68 Å². The van der Waals surface area contributed by atoms with Crippen molar-refractivity contribution in [1.29, 1.82) is 0 Å². The third-order valence-electron chi connectivity index (χ3n) is 3.81. The maximum absolute atomic E-state index is 4.38. The summed E-state index contributed by atoms with van der Waals surface area (Å²) >= 11 is 0. The maximum atomic E-state index is 4.38. The summed E-state index contributed by atoms with van der Waals surface area (Å²) in [5, 5.41) is 4.22. The summed E-state index contributed by atoms with van der Waals surface area (Å²) in [4.78, 5) is 6.77. The van der Waals surface area contributed by atoms with Crippen molar-refractivity contribution in [1.82, 2.24) is 24.2 Å². The lowest BCUT2D eigenvalue weighted by molar-refractivity contribution is 0.229. The summed E-state index contributed by atoms with van der Waals surface area (Å²) in [6, 6.07) is 0. The van der Waals surface area contributed by atoms with Crippen LogP contribution in [-0.4, -0.2) is 37.8 Å². The van der Waals surface area contributed by atoms with Gasteiger partial charge in [0.25, 0.3) is 0 Å². The molecule has 1 atom stereocenters. The Kier molecular flexibility index (Phi) is 3.38. The Morgan fingerprint density at radius 3 is 3.16 bits per heavy atom. The molecular formula is C14H21N5. The average Bonchev–Trinajstić information content (AvgIpc) is 2.97. The Hall–Kier alpha value is -1.62. The highest BCUT2D eigenvalue weighted by atomic mass is 15.2. The Bertz CT molecular complexity index is 542. The molecule has 2 aromatic heterocycles. The molecule has 0 amide bonds. The van der Waals surface area contributed by atoms with Crippen molar-refractivity contribution in [3.8, 4) is 0 Å². The van der Waals surface area contributed by atoms with E-state index in [4.69, 9.17) is 0 Å². The van der Waals surface area contributed by atoms with Crippen LogP contribution in [0.15, 0.2) is 24.8 Å². The van der Waals surface area contributed by atoms with Crippen molar-refractivity contribution in [2.24, 2.45) is 13.0 Å². The molecule has 1 aliphatic heterocycles. The highest BCUT2D eigenvalue weighted by molar-refractivity contribution is 5.03. The Morgan fingerprint density at radius 1 is 1.47 bits per heavy atom. The summed E-state index contributed by atoms with van der Waals surface area (Å²) in [6.07, 6.45) is 10.4. The first-order valence-corrected chi connectivity index (χ1v) is 6.87. The van der Waals surface area contributed by atoms with Gasteiger partial charge in [0.2, 0.25) is 0 Å². The molecule has 5 nitrogen and oxygen atoms in total. The minimum absolute atomic E-state index is 0.725. The quantitative estimate of drug-likeness (QED) is 0.831. The first-order valence-electron chi connectivity index (χ1n) is 6.87. The van der Waals surface area contributed by atoms with Crippen LogP contribution in [0.3, 0.4) is 0 Å². The molecule has 0 aromatic carbocycles. The topological polar surface area (TPSA) is 38.9 Å². The molecule has 2 aromatic rings. The lowest BCUT2D eigenvalue weighted by atomic mass is 9.99. The average molecular weight is 259 g/mol. The van der Waals surface area contributed by atoms with Crippen LogP contribution in [0.25, 0.3) is 0 Å². The highest BCUT2D eigenvalue weighted by Crippen LogP contribution is 2.19. The first-order chi connectivity index (χ1) is 9.20. The summed E-state index contributed by atoms with van der Waals surface area (Å²) in [5.74, 6) is 1.97. The van der Waals surface area contributed by atoms with Gasteiger partial charge in [0.05, 0.1) is 6.20 Å². The number of hydrogen-bond acceptors (Lipinski definition) is 3. The number of aryl methyl sites for hydroxylation is 2. The smallest absolute Gasteiger partial charge is 0.108 e. The number of rotatable bonds is 4. The van der Waals surface area contributed by atoms with Crippen LogP contribution >= 0.6 is 0 Å². The minimum atomic E-state index is 0.725. The highest BCUT2D eigenvalue weighted by Gasteiger charge is 2.20. The van der Waals surface area contributed by atoms with E-state index >= 15 is 0 Å². The summed E-state index contributed by atoms with van der Waals surface area (Å²) in [5.41, 5.74) is 1.28. The molecule has 0 saturated carbocycles. The van der Waals surface area contributed by atoms with Crippen molar-refractivity contribution < 1.29 is 0 Å². The van der Waals surface area contributed by atoms with Crippen molar-refractivity contribution in [2.75, 3.05) is 13.6 Å². The van der Waals surface area contributed by atoms with Crippen molar-refractivity contribution in [2.45, 2.75) is 25.9 Å². The Balaban J connectivity index is 1.54. The Morgan fingerprint density at radius 2 is 2.37 bits per heavy atom. The molecule has 1 aliphatic rings. The van der Waals surface area contributed by atoms with Gasteiger partial charge >= 0.3 is 0 Å². The lowest BCUT2D eigenvalue weighted by Gasteiger charge is -2.27. The summed E-state index contributed by atoms with van der Waals surface area (Å²) in [7, 11) is 4.15. The van der Waals surface area contributed by atoms with Crippen molar-refractivity contribution in [3.05, 3.63) is 36.2 Å². The zero-order valence-corrected chi connectivity index (χ0v) is 11.7. The third kappa shape index (κ3) is 2.87. The van der Waals surface area contributed by atoms with Gasteiger partial charge in [-0.05, 0) is 19.4 Å². The van der Waals surface area contributed by atoms with Crippen LogP contribution < -0.4 is 0 Å². The molecule has 0 spiro atoms. The fraction of sp³-hybridized carbons (Fsp3) is 0.571. The number of fused-ring (bicyclic) bond motifs is 1. The molecular weight excluding hydrogens is 238 g/mol. The first kappa shape index (κ1) is 12.4. The molecule has 0 fully saturated rings. The van der Waals surface area contributed by atoms with Crippen LogP contribution in [0.4, 0.5) is 0 Å². The largest absolute Gasteiger partial charge is 0.335 e. The van der Waals surface area contributed by atoms with Gasteiger partial charge in [0, 0.05) is 57.3 Å². The summed E-state index contributed by atoms with van der Waals surface area (Å²) < 4.78 is 4.16. The van der Waals surface area contributed by atoms with Gasteiger partial charge in [-0.2, -0.15) is 5.10 Å². The normalized spacial score (nSPS) is 18.8. The molecule has 3 rings (SSSR count). The van der Waals surface area contributed by atoms with Gasteiger partial charge in [0.15, 0.2) is 0 Å². The van der Waals surface area contributed by atoms with Gasteiger partial charge in [-0.15, -0.1) is 0 Å². The second-order valence-corrected chi connectivity index (χ2v) is 5.62. The molecule has 19 heavy (non-hydrogen) atoms. The van der Waals surface area contributed by atoms with E-state index in [0.717, 1.165) is 32.0 Å². The number of imidazole rings is 1. The van der Waals surface area contributed by atoms with Gasteiger partial charge in [-0.25, -0.2) is 4.98 Å². The lowest BCUT2D eigenvalue weighted by Crippen LogP contribution is -2.31. The molecule has 0 unspecified atom stereocenters. The molecule has 102 valence electrons. The number of aromatic nitrogens is 4. The fourth-order valence-electron chi connectivity index (χ4n) is 2.96. The molecule has 0 radical (unpaired) electrons. The molecule has 0 aliphatic carbocycles. The van der Waals surface area contributed by atoms with Crippen LogP contribution in [0.2, 0.25) is 0 Å². The number of hydrogen-bond donors (Lipinski definition) is 0. The second kappa shape index (κ2) is 5.17. The Labute approximate surface area is 113 Å². The molecule has 5 heteroatoms. The zero-order valence-electron chi connectivity index (χ0n) is 11.7. The molecule has 0 saturated heterocycles. The standard InChI is InChI=1S/C14H21N5/c1-17(9-13-7-16-18(2)10-13)8-12-3-4-14-15-5-6-19(14)11-12/h5-7,10,12H,3-4,8-9,11H2,1-2H3/t12-/m1/s1. The predicted octanol–water partition coefficient (Wildman–Crippen LogP) is 1.31. The van der Waals surface area contributed by atoms with E-state index in [1.165, 1.54) is 17.8 Å². The maximum Gasteiger partial charge on any atom is 0.108 e. The van der Waals surface area contributed by atoms with E-state index in [1.807, 2.05) is 24.1 Å². The second-order valence-electron chi connectivity index (χ2n) is 5.62. The van der Waals surface area contributed by atoms with Crippen molar-refractivity contribution in [3.63, 3.8) is 0 Å². The van der Waals surface area contributed by atoms with Crippen LogP contribution in [0, 0.1) is 5.92 Å². The van der Waals surface area contributed by atoms with E-state index in [9.17, 15) is 0 Å². The monoisotopic (exact) mass is 259 g/mol. The molecule has 3 heterocycles. The molecule has 0 N–H and O–H groups in total. The number of nitrogens with zero attached hydrogens (tertiary/aromatic N) is 5. The van der Waals surface area contributed by atoms with Crippen LogP contribution in [0.1, 0.15) is 17.8 Å². The van der Waals surface area contributed by atoms with Gasteiger partial charge < -0.3 is 9.47 Å². The molecule has 0 bridgehead atoms. The van der Waals surface area contributed by atoms with Crippen molar-refractivity contribution >= 4 is 0 Å². The van der Waals surface area contributed by atoms with Crippen LogP contribution in [0.5, 0.6) is 0 Å². The minimum Gasteiger partial charge on any atom is -0.335 e. The SMILES string of the molecule is CN(Cc1cnn(C)c1)C[C@H]1CCc2nccn2C1. The zero-order chi connectivity index (χ0) is 13.2. The van der Waals surface area contributed by atoms with Crippen LogP contribution in [-0.2, 0) is 26.6 Å². The van der Waals surface area contributed by atoms with E-state index in [-0.39, 0.29) is 0 Å².